The molecular formula is C29H41NO5. The monoisotopic (exact) mass is 483 g/mol. The first-order valence-electron chi connectivity index (χ1n) is 12.6. The van der Waals surface area contributed by atoms with Gasteiger partial charge in [-0.05, 0) is 63.3 Å². The third-order valence-electron chi connectivity index (χ3n) is 6.48. The molecule has 0 aromatic heterocycles. The summed E-state index contributed by atoms with van der Waals surface area (Å²) in [6.45, 7) is 4.67. The summed E-state index contributed by atoms with van der Waals surface area (Å²) in [5.41, 5.74) is 2.61. The summed E-state index contributed by atoms with van der Waals surface area (Å²) < 4.78 is 15.9. The fourth-order valence-electron chi connectivity index (χ4n) is 4.33. The summed E-state index contributed by atoms with van der Waals surface area (Å²) >= 11 is 0. The zero-order valence-corrected chi connectivity index (χ0v) is 21.9. The van der Waals surface area contributed by atoms with E-state index in [0.717, 1.165) is 44.1 Å². The summed E-state index contributed by atoms with van der Waals surface area (Å²) in [4.78, 5) is 25.7. The average Bonchev–Trinajstić information content (AvgIpc) is 2.89. The zero-order valence-electron chi connectivity index (χ0n) is 21.9. The second-order valence-corrected chi connectivity index (χ2v) is 8.91. The maximum absolute atomic E-state index is 13.6. The Morgan fingerprint density at radius 1 is 0.914 bits per heavy atom. The average molecular weight is 484 g/mol. The molecule has 2 atom stereocenters. The molecule has 2 unspecified atom stereocenters. The van der Waals surface area contributed by atoms with E-state index < -0.39 is 0 Å². The topological polar surface area (TPSA) is 73.9 Å². The highest BCUT2D eigenvalue weighted by molar-refractivity contribution is 6.01. The number of carbonyl (C=O) groups is 2. The number of benzene rings is 2. The molecule has 2 aromatic rings. The number of aryl methyl sites for hydroxylation is 1. The van der Waals surface area contributed by atoms with Crippen molar-refractivity contribution in [3.63, 3.8) is 0 Å². The van der Waals surface area contributed by atoms with Crippen LogP contribution in [0.5, 0.6) is 11.5 Å². The Morgan fingerprint density at radius 2 is 1.54 bits per heavy atom. The zero-order chi connectivity index (χ0) is 25.6. The van der Waals surface area contributed by atoms with Gasteiger partial charge in [0.2, 0.25) is 0 Å². The van der Waals surface area contributed by atoms with E-state index in [4.69, 9.17) is 14.2 Å². The van der Waals surface area contributed by atoms with E-state index in [9.17, 15) is 9.59 Å². The molecule has 192 valence electrons. The highest BCUT2D eigenvalue weighted by Gasteiger charge is 2.23. The van der Waals surface area contributed by atoms with Gasteiger partial charge in [-0.1, -0.05) is 50.1 Å². The first-order valence-corrected chi connectivity index (χ1v) is 12.6. The predicted octanol–water partition coefficient (Wildman–Crippen LogP) is 5.55. The molecule has 0 spiro atoms. The van der Waals surface area contributed by atoms with Crippen molar-refractivity contribution in [2.45, 2.75) is 64.8 Å². The van der Waals surface area contributed by atoms with E-state index in [1.165, 1.54) is 12.7 Å². The van der Waals surface area contributed by atoms with Gasteiger partial charge >= 0.3 is 5.97 Å². The molecule has 2 rings (SSSR count). The first kappa shape index (κ1) is 28.4. The molecule has 0 saturated carbocycles. The van der Waals surface area contributed by atoms with E-state index in [-0.39, 0.29) is 23.7 Å². The smallest absolute Gasteiger partial charge is 0.308 e. The minimum atomic E-state index is -0.362. The number of carbonyl (C=O) groups excluding carboxylic acids is 2. The van der Waals surface area contributed by atoms with E-state index >= 15 is 0 Å². The molecule has 0 saturated heterocycles. The van der Waals surface area contributed by atoms with Crippen LogP contribution in [0.1, 0.15) is 66.9 Å². The first-order chi connectivity index (χ1) is 16.9. The van der Waals surface area contributed by atoms with Crippen molar-refractivity contribution < 1.29 is 23.8 Å². The molecule has 6 nitrogen and oxygen atoms in total. The Kier molecular flexibility index (Phi) is 12.3. The van der Waals surface area contributed by atoms with Crippen molar-refractivity contribution in [3.8, 4) is 11.5 Å². The van der Waals surface area contributed by atoms with Gasteiger partial charge in [-0.15, -0.1) is 0 Å². The molecule has 6 heteroatoms. The highest BCUT2D eigenvalue weighted by atomic mass is 16.5. The summed E-state index contributed by atoms with van der Waals surface area (Å²) in [5, 5.41) is 3.46. The number of ether oxygens (including phenoxy) is 3. The molecule has 0 amide bonds. The molecule has 0 aliphatic rings. The largest absolute Gasteiger partial charge is 0.496 e. The number of ketones is 1. The number of Topliss-reactive ketones (excluding diaryl/α,β-unsaturated/α-hetero) is 1. The summed E-state index contributed by atoms with van der Waals surface area (Å²) in [6, 6.07) is 13.4. The normalized spacial score (nSPS) is 12.6. The fraction of sp³-hybridized carbons (Fsp3) is 0.517. The van der Waals surface area contributed by atoms with Crippen molar-refractivity contribution in [2.24, 2.45) is 5.92 Å². The Morgan fingerprint density at radius 3 is 2.11 bits per heavy atom. The van der Waals surface area contributed by atoms with Crippen molar-refractivity contribution in [3.05, 3.63) is 59.2 Å². The molecule has 0 aliphatic carbocycles. The van der Waals surface area contributed by atoms with Gasteiger partial charge in [-0.3, -0.25) is 9.59 Å². The molecule has 35 heavy (non-hydrogen) atoms. The minimum absolute atomic E-state index is 0.00744. The Balaban J connectivity index is 2.12. The maximum Gasteiger partial charge on any atom is 0.308 e. The molecular weight excluding hydrogens is 442 g/mol. The summed E-state index contributed by atoms with van der Waals surface area (Å²) in [6.07, 6.45) is 5.87. The number of hydrogen-bond acceptors (Lipinski definition) is 6. The number of rotatable bonds is 16. The van der Waals surface area contributed by atoms with Crippen molar-refractivity contribution in [1.29, 1.82) is 0 Å². The van der Waals surface area contributed by atoms with Crippen LogP contribution in [0.4, 0.5) is 0 Å². The van der Waals surface area contributed by atoms with Crippen LogP contribution in [0.3, 0.4) is 0 Å². The SMILES string of the molecule is CCCCC(CCCNC(CCc1ccccc1)C(=O)c1cc(OC)c(C)c(OC)c1)C(=O)OC. The minimum Gasteiger partial charge on any atom is -0.496 e. The number of methoxy groups -OCH3 is 3. The van der Waals surface area contributed by atoms with Crippen LogP contribution in [-0.2, 0) is 16.0 Å². The lowest BCUT2D eigenvalue weighted by Gasteiger charge is -2.20. The van der Waals surface area contributed by atoms with Crippen LogP contribution in [0, 0.1) is 12.8 Å². The van der Waals surface area contributed by atoms with Crippen LogP contribution in [0.2, 0.25) is 0 Å². The van der Waals surface area contributed by atoms with Crippen molar-refractivity contribution in [2.75, 3.05) is 27.9 Å². The van der Waals surface area contributed by atoms with Crippen LogP contribution in [-0.4, -0.2) is 45.7 Å². The second-order valence-electron chi connectivity index (χ2n) is 8.91. The fourth-order valence-corrected chi connectivity index (χ4v) is 4.33. The van der Waals surface area contributed by atoms with Gasteiger partial charge in [0.15, 0.2) is 5.78 Å². The molecule has 0 fully saturated rings. The predicted molar refractivity (Wildman–Crippen MR) is 139 cm³/mol. The number of unbranched alkanes of at least 4 members (excludes halogenated alkanes) is 1. The number of hydrogen-bond donors (Lipinski definition) is 1. The van der Waals surface area contributed by atoms with Crippen LogP contribution in [0.25, 0.3) is 0 Å². The third kappa shape index (κ3) is 8.70. The molecule has 0 bridgehead atoms. The molecule has 0 heterocycles. The quantitative estimate of drug-likeness (QED) is 0.192. The van der Waals surface area contributed by atoms with Crippen molar-refractivity contribution >= 4 is 11.8 Å². The second kappa shape index (κ2) is 15.2. The summed E-state index contributed by atoms with van der Waals surface area (Å²) in [5.74, 6) is 1.03. The Labute approximate surface area is 210 Å². The molecule has 1 N–H and O–H groups in total. The van der Waals surface area contributed by atoms with Gasteiger partial charge in [0.1, 0.15) is 11.5 Å². The molecule has 0 radical (unpaired) electrons. The van der Waals surface area contributed by atoms with Gasteiger partial charge in [-0.2, -0.15) is 0 Å². The number of esters is 1. The Hall–Kier alpha value is -2.86. The number of nitrogens with one attached hydrogen (secondary N) is 1. The molecule has 2 aromatic carbocycles. The van der Waals surface area contributed by atoms with Crippen molar-refractivity contribution in [1.82, 2.24) is 5.32 Å². The van der Waals surface area contributed by atoms with Gasteiger partial charge in [0, 0.05) is 11.1 Å². The highest BCUT2D eigenvalue weighted by Crippen LogP contribution is 2.30. The lowest BCUT2D eigenvalue weighted by atomic mass is 9.95. The van der Waals surface area contributed by atoms with Crippen LogP contribution < -0.4 is 14.8 Å². The van der Waals surface area contributed by atoms with E-state index in [1.54, 1.807) is 26.4 Å². The van der Waals surface area contributed by atoms with E-state index in [0.29, 0.717) is 30.0 Å². The summed E-state index contributed by atoms with van der Waals surface area (Å²) in [7, 11) is 4.64. The lowest BCUT2D eigenvalue weighted by molar-refractivity contribution is -0.146. The van der Waals surface area contributed by atoms with Gasteiger partial charge in [0.05, 0.1) is 33.3 Å². The standard InChI is InChI=1S/C29H41NO5/c1-6-7-14-23(29(32)35-5)15-11-18-30-25(17-16-22-12-9-8-10-13-22)28(31)24-19-26(33-3)21(2)27(20-24)34-4/h8-10,12-13,19-20,23,25,30H,6-7,11,14-18H2,1-5H3. The van der Waals surface area contributed by atoms with Gasteiger partial charge in [-0.25, -0.2) is 0 Å². The third-order valence-corrected chi connectivity index (χ3v) is 6.48. The maximum atomic E-state index is 13.6. The van der Waals surface area contributed by atoms with Gasteiger partial charge in [0.25, 0.3) is 0 Å². The Bertz CT molecular complexity index is 903. The van der Waals surface area contributed by atoms with E-state index in [2.05, 4.69) is 24.4 Å². The lowest BCUT2D eigenvalue weighted by Crippen LogP contribution is -2.38. The van der Waals surface area contributed by atoms with E-state index in [1.807, 2.05) is 25.1 Å². The van der Waals surface area contributed by atoms with Gasteiger partial charge < -0.3 is 19.5 Å². The van der Waals surface area contributed by atoms with Crippen LogP contribution in [0.15, 0.2) is 42.5 Å². The van der Waals surface area contributed by atoms with Crippen LogP contribution >= 0.6 is 0 Å². The molecule has 0 aliphatic heterocycles.